The first-order chi connectivity index (χ1) is 12.3. The fourth-order valence-corrected chi connectivity index (χ4v) is 3.34. The van der Waals surface area contributed by atoms with Gasteiger partial charge in [-0.2, -0.15) is 0 Å². The number of nitrogens with zero attached hydrogens (tertiary/aromatic N) is 2. The van der Waals surface area contributed by atoms with Crippen LogP contribution in [0.5, 0.6) is 0 Å². The third kappa shape index (κ3) is 3.35. The molecule has 134 valence electrons. The third-order valence-corrected chi connectivity index (χ3v) is 4.75. The van der Waals surface area contributed by atoms with E-state index in [1.165, 1.54) is 12.3 Å². The second-order valence-corrected chi connectivity index (χ2v) is 7.07. The monoisotopic (exact) mass is 370 g/mol. The number of para-hydroxylation sites is 1. The van der Waals surface area contributed by atoms with Crippen LogP contribution in [0.25, 0.3) is 0 Å². The highest BCUT2D eigenvalue weighted by Crippen LogP contribution is 2.46. The Morgan fingerprint density at radius 1 is 1.27 bits per heavy atom. The molecule has 0 radical (unpaired) electrons. The normalized spacial score (nSPS) is 16.5. The molecule has 1 aromatic carbocycles. The van der Waals surface area contributed by atoms with Gasteiger partial charge >= 0.3 is 5.97 Å². The zero-order chi connectivity index (χ0) is 18.9. The van der Waals surface area contributed by atoms with Crippen molar-refractivity contribution in [2.45, 2.75) is 19.3 Å². The predicted molar refractivity (Wildman–Crippen MR) is 100 cm³/mol. The fourth-order valence-electron chi connectivity index (χ4n) is 3.18. The minimum atomic E-state index is -0.679. The van der Waals surface area contributed by atoms with Gasteiger partial charge in [-0.1, -0.05) is 43.6 Å². The minimum absolute atomic E-state index is 0.0728. The van der Waals surface area contributed by atoms with E-state index < -0.39 is 5.97 Å². The van der Waals surface area contributed by atoms with Crippen LogP contribution in [-0.4, -0.2) is 30.4 Å². The van der Waals surface area contributed by atoms with Crippen molar-refractivity contribution in [1.82, 2.24) is 4.98 Å². The molecule has 0 spiro atoms. The molecule has 1 aliphatic heterocycles. The number of benzene rings is 1. The van der Waals surface area contributed by atoms with Crippen LogP contribution in [0.4, 0.5) is 5.69 Å². The van der Waals surface area contributed by atoms with Crippen LogP contribution in [0.15, 0.2) is 54.4 Å². The molecule has 1 aromatic heterocycles. The number of hydrogen-bond acceptors (Lipinski definition) is 5. The predicted octanol–water partition coefficient (Wildman–Crippen LogP) is 3.77. The third-order valence-electron chi connectivity index (χ3n) is 4.51. The molecule has 0 fully saturated rings. The number of pyridine rings is 1. The number of hydrogen-bond donors (Lipinski definition) is 0. The Morgan fingerprint density at radius 3 is 2.69 bits per heavy atom. The summed E-state index contributed by atoms with van der Waals surface area (Å²) in [4.78, 5) is 30.2. The van der Waals surface area contributed by atoms with Gasteiger partial charge in [0.25, 0.3) is 0 Å². The van der Waals surface area contributed by atoms with Crippen molar-refractivity contribution >= 4 is 29.0 Å². The van der Waals surface area contributed by atoms with Gasteiger partial charge in [0.05, 0.1) is 0 Å². The lowest BCUT2D eigenvalue weighted by Gasteiger charge is -2.23. The van der Waals surface area contributed by atoms with Crippen LogP contribution >= 0.6 is 11.6 Å². The van der Waals surface area contributed by atoms with Crippen LogP contribution < -0.4 is 4.90 Å². The van der Waals surface area contributed by atoms with Gasteiger partial charge in [-0.25, -0.2) is 9.78 Å². The minimum Gasteiger partial charge on any atom is -0.453 e. The Bertz CT molecular complexity index is 905. The van der Waals surface area contributed by atoms with Crippen LogP contribution in [0.2, 0.25) is 5.02 Å². The van der Waals surface area contributed by atoms with E-state index in [0.717, 1.165) is 16.9 Å². The number of allylic oxidation sites excluding steroid dienone is 1. The number of ketones is 1. The molecule has 0 amide bonds. The molecule has 0 unspecified atom stereocenters. The number of carbonyl (C=O) groups is 2. The molecule has 26 heavy (non-hydrogen) atoms. The van der Waals surface area contributed by atoms with E-state index in [-0.39, 0.29) is 23.5 Å². The first kappa shape index (κ1) is 18.1. The van der Waals surface area contributed by atoms with Gasteiger partial charge in [0.1, 0.15) is 5.69 Å². The van der Waals surface area contributed by atoms with E-state index in [1.54, 1.807) is 12.1 Å². The Labute approximate surface area is 157 Å². The summed E-state index contributed by atoms with van der Waals surface area (Å²) in [5, 5.41) is 0.382. The Morgan fingerprint density at radius 2 is 2.00 bits per heavy atom. The average molecular weight is 371 g/mol. The Kier molecular flexibility index (Phi) is 4.83. The smallest absolute Gasteiger partial charge is 0.357 e. The molecule has 0 saturated heterocycles. The lowest BCUT2D eigenvalue weighted by Crippen LogP contribution is -2.25. The summed E-state index contributed by atoms with van der Waals surface area (Å²) in [6.07, 6.45) is 2.95. The van der Waals surface area contributed by atoms with Gasteiger partial charge in [0.15, 0.2) is 12.4 Å². The molecule has 0 atom stereocenters. The van der Waals surface area contributed by atoms with Crippen molar-refractivity contribution in [2.75, 3.05) is 18.6 Å². The maximum Gasteiger partial charge on any atom is 0.357 e. The largest absolute Gasteiger partial charge is 0.453 e. The number of likely N-dealkylation sites (N-methyl/N-ethyl adjacent to an activating group) is 1. The van der Waals surface area contributed by atoms with Crippen LogP contribution in [0, 0.1) is 0 Å². The molecule has 3 rings (SSSR count). The van der Waals surface area contributed by atoms with Gasteiger partial charge in [0.2, 0.25) is 0 Å². The SMILES string of the molecule is CN1C(=CC(=O)COC(=O)c2cc(Cl)ccn2)C(C)(C)c2ccccc21. The topological polar surface area (TPSA) is 59.5 Å². The van der Waals surface area contributed by atoms with Gasteiger partial charge in [-0.15, -0.1) is 0 Å². The van der Waals surface area contributed by atoms with Crippen LogP contribution in [0.3, 0.4) is 0 Å². The van der Waals surface area contributed by atoms with Crippen LogP contribution in [-0.2, 0) is 14.9 Å². The van der Waals surface area contributed by atoms with Crippen molar-refractivity contribution in [3.8, 4) is 0 Å². The molecule has 2 aromatic rings. The van der Waals surface area contributed by atoms with Crippen molar-refractivity contribution in [3.63, 3.8) is 0 Å². The Hall–Kier alpha value is -2.66. The number of aromatic nitrogens is 1. The first-order valence-corrected chi connectivity index (χ1v) is 8.55. The molecule has 5 nitrogen and oxygen atoms in total. The molecular weight excluding hydrogens is 352 g/mol. The van der Waals surface area contributed by atoms with E-state index in [0.29, 0.717) is 5.02 Å². The van der Waals surface area contributed by atoms with Crippen molar-refractivity contribution in [1.29, 1.82) is 0 Å². The number of rotatable bonds is 4. The zero-order valence-corrected chi connectivity index (χ0v) is 15.6. The molecule has 1 aliphatic rings. The van der Waals surface area contributed by atoms with E-state index >= 15 is 0 Å². The maximum atomic E-state index is 12.4. The molecular formula is C20H19ClN2O3. The summed E-state index contributed by atoms with van der Waals surface area (Å²) < 4.78 is 5.06. The van der Waals surface area contributed by atoms with Crippen molar-refractivity contribution in [2.24, 2.45) is 0 Å². The van der Waals surface area contributed by atoms with E-state index in [9.17, 15) is 9.59 Å². The van der Waals surface area contributed by atoms with Gasteiger partial charge in [-0.3, -0.25) is 4.79 Å². The quantitative estimate of drug-likeness (QED) is 0.605. The summed E-state index contributed by atoms with van der Waals surface area (Å²) in [6.45, 7) is 3.78. The summed E-state index contributed by atoms with van der Waals surface area (Å²) in [5.74, 6) is -0.968. The maximum absolute atomic E-state index is 12.4. The molecule has 2 heterocycles. The molecule has 0 aliphatic carbocycles. The molecule has 6 heteroatoms. The summed E-state index contributed by atoms with van der Waals surface area (Å²) in [5.41, 5.74) is 2.85. The van der Waals surface area contributed by atoms with E-state index in [1.807, 2.05) is 30.1 Å². The number of ether oxygens (including phenoxy) is 1. The fraction of sp³-hybridized carbons (Fsp3) is 0.250. The van der Waals surface area contributed by atoms with Crippen LogP contribution in [0.1, 0.15) is 29.9 Å². The lowest BCUT2D eigenvalue weighted by atomic mass is 9.83. The number of halogens is 1. The zero-order valence-electron chi connectivity index (χ0n) is 14.8. The van der Waals surface area contributed by atoms with Gasteiger partial charge < -0.3 is 9.64 Å². The second kappa shape index (κ2) is 6.92. The van der Waals surface area contributed by atoms with E-state index in [2.05, 4.69) is 24.9 Å². The van der Waals surface area contributed by atoms with Gasteiger partial charge in [0, 0.05) is 41.1 Å². The summed E-state index contributed by atoms with van der Waals surface area (Å²) >= 11 is 5.83. The molecule has 0 saturated carbocycles. The van der Waals surface area contributed by atoms with E-state index in [4.69, 9.17) is 16.3 Å². The Balaban J connectivity index is 1.72. The highest BCUT2D eigenvalue weighted by atomic mass is 35.5. The van der Waals surface area contributed by atoms with Crippen molar-refractivity contribution < 1.29 is 14.3 Å². The van der Waals surface area contributed by atoms with Crippen molar-refractivity contribution in [3.05, 3.63) is 70.6 Å². The lowest BCUT2D eigenvalue weighted by molar-refractivity contribution is -0.117. The number of anilines is 1. The highest BCUT2D eigenvalue weighted by molar-refractivity contribution is 6.30. The summed E-state index contributed by atoms with van der Waals surface area (Å²) in [6, 6.07) is 11.0. The second-order valence-electron chi connectivity index (χ2n) is 6.63. The number of carbonyl (C=O) groups excluding carboxylic acids is 2. The molecule has 0 N–H and O–H groups in total. The molecule has 0 bridgehead atoms. The number of esters is 1. The number of fused-ring (bicyclic) bond motifs is 1. The van der Waals surface area contributed by atoms with Gasteiger partial charge in [-0.05, 0) is 23.8 Å². The first-order valence-electron chi connectivity index (χ1n) is 8.17. The average Bonchev–Trinajstić information content (AvgIpc) is 2.81. The highest BCUT2D eigenvalue weighted by Gasteiger charge is 2.38. The summed E-state index contributed by atoms with van der Waals surface area (Å²) in [7, 11) is 1.93. The standard InChI is InChI=1S/C20H19ClN2O3/c1-20(2)15-6-4-5-7-17(15)23(3)18(20)11-14(24)12-26-19(25)16-10-13(21)8-9-22-16/h4-11H,12H2,1-3H3.